The van der Waals surface area contributed by atoms with E-state index in [9.17, 15) is 9.59 Å². The zero-order valence-electron chi connectivity index (χ0n) is 16.9. The van der Waals surface area contributed by atoms with Gasteiger partial charge in [0.2, 0.25) is 0 Å². The summed E-state index contributed by atoms with van der Waals surface area (Å²) < 4.78 is 5.74. The highest BCUT2D eigenvalue weighted by Crippen LogP contribution is 2.30. The molecule has 0 aromatic carbocycles. The summed E-state index contributed by atoms with van der Waals surface area (Å²) in [5, 5.41) is 9.15. The van der Waals surface area contributed by atoms with E-state index >= 15 is 0 Å². The van der Waals surface area contributed by atoms with Crippen molar-refractivity contribution in [1.29, 1.82) is 0 Å². The Hall–Kier alpha value is -2.35. The van der Waals surface area contributed by atoms with Gasteiger partial charge in [-0.1, -0.05) is 0 Å². The van der Waals surface area contributed by atoms with E-state index in [0.717, 1.165) is 39.0 Å². The van der Waals surface area contributed by atoms with Crippen molar-refractivity contribution in [2.24, 2.45) is 5.92 Å². The number of carboxylic acid groups (broad SMARTS) is 1. The van der Waals surface area contributed by atoms with Gasteiger partial charge < -0.3 is 14.7 Å². The average Bonchev–Trinajstić information content (AvgIpc) is 3.02. The lowest BCUT2D eigenvalue weighted by molar-refractivity contribution is -0.143. The van der Waals surface area contributed by atoms with Crippen molar-refractivity contribution < 1.29 is 19.4 Å². The summed E-state index contributed by atoms with van der Waals surface area (Å²) >= 11 is 0. The number of rotatable bonds is 5. The molecule has 0 radical (unpaired) electrons. The number of cyclic esters (lactones) is 1. The molecule has 3 fully saturated rings. The number of nitrogens with zero attached hydrogens (tertiary/aromatic N) is 4. The van der Waals surface area contributed by atoms with Gasteiger partial charge in [-0.15, -0.1) is 0 Å². The smallest absolute Gasteiger partial charge is 0.410 e. The van der Waals surface area contributed by atoms with Gasteiger partial charge in [-0.2, -0.15) is 0 Å². The van der Waals surface area contributed by atoms with Crippen LogP contribution in [0.5, 0.6) is 0 Å². The van der Waals surface area contributed by atoms with Gasteiger partial charge in [-0.05, 0) is 57.8 Å². The van der Waals surface area contributed by atoms with E-state index in [1.165, 1.54) is 5.69 Å². The van der Waals surface area contributed by atoms with Crippen LogP contribution in [0.15, 0.2) is 24.5 Å². The molecule has 0 aliphatic carbocycles. The van der Waals surface area contributed by atoms with E-state index in [-0.39, 0.29) is 30.2 Å². The fraction of sp³-hybridized carbons (Fsp3) is 0.667. The molecular formula is C21H30N4O4. The highest BCUT2D eigenvalue weighted by Gasteiger charge is 2.44. The van der Waals surface area contributed by atoms with Crippen molar-refractivity contribution in [2.45, 2.75) is 50.8 Å². The van der Waals surface area contributed by atoms with Gasteiger partial charge >= 0.3 is 12.1 Å². The second-order valence-electron chi connectivity index (χ2n) is 8.41. The molecule has 1 aromatic rings. The van der Waals surface area contributed by atoms with Crippen molar-refractivity contribution >= 4 is 17.7 Å². The SMILES string of the molecule is CC1C(CN2CCC(C(=O)O)CC2)OC(=O)N1C1CCN(c2ccncc2)CC1. The predicted molar refractivity (Wildman–Crippen MR) is 108 cm³/mol. The molecule has 3 aliphatic heterocycles. The maximum Gasteiger partial charge on any atom is 0.410 e. The number of carboxylic acids is 1. The number of aromatic nitrogens is 1. The second-order valence-corrected chi connectivity index (χ2v) is 8.41. The van der Waals surface area contributed by atoms with Crippen molar-refractivity contribution in [2.75, 3.05) is 37.6 Å². The third-order valence-electron chi connectivity index (χ3n) is 6.70. The van der Waals surface area contributed by atoms with Crippen LogP contribution in [-0.2, 0) is 9.53 Å². The van der Waals surface area contributed by atoms with E-state index in [1.807, 2.05) is 29.4 Å². The fourth-order valence-electron chi connectivity index (χ4n) is 4.88. The molecule has 4 heterocycles. The molecule has 4 rings (SSSR count). The second kappa shape index (κ2) is 8.57. The van der Waals surface area contributed by atoms with Gasteiger partial charge in [0.15, 0.2) is 0 Å². The largest absolute Gasteiger partial charge is 0.481 e. The number of amides is 1. The van der Waals surface area contributed by atoms with Crippen LogP contribution in [-0.4, -0.2) is 82.9 Å². The Morgan fingerprint density at radius 3 is 2.41 bits per heavy atom. The predicted octanol–water partition coefficient (Wildman–Crippen LogP) is 2.06. The van der Waals surface area contributed by atoms with E-state index in [1.54, 1.807) is 0 Å². The lowest BCUT2D eigenvalue weighted by Crippen LogP contribution is -2.50. The molecule has 1 aromatic heterocycles. The van der Waals surface area contributed by atoms with Crippen molar-refractivity contribution in [3.05, 3.63) is 24.5 Å². The van der Waals surface area contributed by atoms with Crippen LogP contribution in [0.1, 0.15) is 32.6 Å². The molecule has 158 valence electrons. The minimum Gasteiger partial charge on any atom is -0.481 e. The van der Waals surface area contributed by atoms with Crippen LogP contribution in [0.3, 0.4) is 0 Å². The number of likely N-dealkylation sites (tertiary alicyclic amines) is 1. The van der Waals surface area contributed by atoms with Crippen LogP contribution in [0.2, 0.25) is 0 Å². The molecule has 8 nitrogen and oxygen atoms in total. The van der Waals surface area contributed by atoms with E-state index in [4.69, 9.17) is 9.84 Å². The van der Waals surface area contributed by atoms with Gasteiger partial charge in [0, 0.05) is 43.8 Å². The lowest BCUT2D eigenvalue weighted by atomic mass is 9.96. The van der Waals surface area contributed by atoms with E-state index in [0.29, 0.717) is 19.4 Å². The average molecular weight is 402 g/mol. The van der Waals surface area contributed by atoms with Crippen LogP contribution in [0.4, 0.5) is 10.5 Å². The maximum absolute atomic E-state index is 12.6. The number of carbonyl (C=O) groups excluding carboxylic acids is 1. The molecule has 29 heavy (non-hydrogen) atoms. The van der Waals surface area contributed by atoms with E-state index in [2.05, 4.69) is 21.7 Å². The molecule has 8 heteroatoms. The minimum absolute atomic E-state index is 0.0390. The molecule has 2 unspecified atom stereocenters. The number of carbonyl (C=O) groups is 2. The normalized spacial score (nSPS) is 27.3. The molecule has 1 amide bonds. The van der Waals surface area contributed by atoms with Gasteiger partial charge in [0.1, 0.15) is 6.10 Å². The molecule has 2 atom stereocenters. The lowest BCUT2D eigenvalue weighted by Gasteiger charge is -2.39. The summed E-state index contributed by atoms with van der Waals surface area (Å²) in [5.74, 6) is -0.938. The molecule has 1 N–H and O–H groups in total. The summed E-state index contributed by atoms with van der Waals surface area (Å²) in [6.07, 6.45) is 6.46. The fourth-order valence-corrected chi connectivity index (χ4v) is 4.88. The number of hydrogen-bond donors (Lipinski definition) is 1. The molecule has 3 saturated heterocycles. The van der Waals surface area contributed by atoms with Gasteiger partial charge in [0.05, 0.1) is 12.0 Å². The third kappa shape index (κ3) is 4.32. The van der Waals surface area contributed by atoms with Crippen LogP contribution in [0.25, 0.3) is 0 Å². The Balaban J connectivity index is 1.30. The summed E-state index contributed by atoms with van der Waals surface area (Å²) in [5.41, 5.74) is 1.18. The first-order valence-corrected chi connectivity index (χ1v) is 10.6. The van der Waals surface area contributed by atoms with Crippen molar-refractivity contribution in [3.63, 3.8) is 0 Å². The van der Waals surface area contributed by atoms with Crippen LogP contribution < -0.4 is 4.90 Å². The first kappa shape index (κ1) is 19.9. The number of aliphatic carboxylic acids is 1. The molecule has 0 bridgehead atoms. The van der Waals surface area contributed by atoms with Crippen LogP contribution in [0, 0.1) is 5.92 Å². The summed E-state index contributed by atoms with van der Waals surface area (Å²) in [6, 6.07) is 4.29. The Morgan fingerprint density at radius 1 is 1.14 bits per heavy atom. The zero-order chi connectivity index (χ0) is 20.4. The molecular weight excluding hydrogens is 372 g/mol. The summed E-state index contributed by atoms with van der Waals surface area (Å²) in [7, 11) is 0. The first-order valence-electron chi connectivity index (χ1n) is 10.6. The highest BCUT2D eigenvalue weighted by atomic mass is 16.6. The third-order valence-corrected chi connectivity index (χ3v) is 6.70. The Morgan fingerprint density at radius 2 is 1.79 bits per heavy atom. The standard InChI is InChI=1S/C21H30N4O4/c1-15-19(14-23-10-4-16(5-11-23)20(26)27)29-21(28)25(15)18-6-12-24(13-7-18)17-2-8-22-9-3-17/h2-3,8-9,15-16,18-19H,4-7,10-14H2,1H3,(H,26,27). The Bertz CT molecular complexity index is 715. The number of pyridine rings is 1. The summed E-state index contributed by atoms with van der Waals surface area (Å²) in [4.78, 5) is 34.3. The minimum atomic E-state index is -0.699. The number of piperidine rings is 2. The highest BCUT2D eigenvalue weighted by molar-refractivity contribution is 5.71. The zero-order valence-corrected chi connectivity index (χ0v) is 16.9. The first-order chi connectivity index (χ1) is 14.0. The summed E-state index contributed by atoms with van der Waals surface area (Å²) in [6.45, 7) is 6.10. The van der Waals surface area contributed by atoms with Gasteiger partial charge in [-0.25, -0.2) is 4.79 Å². The Labute approximate surface area is 171 Å². The topological polar surface area (TPSA) is 86.2 Å². The Kier molecular flexibility index (Phi) is 5.89. The number of hydrogen-bond acceptors (Lipinski definition) is 6. The molecule has 3 aliphatic rings. The van der Waals surface area contributed by atoms with Crippen molar-refractivity contribution in [3.8, 4) is 0 Å². The number of ether oxygens (including phenoxy) is 1. The van der Waals surface area contributed by atoms with Crippen molar-refractivity contribution in [1.82, 2.24) is 14.8 Å². The monoisotopic (exact) mass is 402 g/mol. The van der Waals surface area contributed by atoms with Gasteiger partial charge in [-0.3, -0.25) is 19.6 Å². The molecule has 0 saturated carbocycles. The molecule has 0 spiro atoms. The van der Waals surface area contributed by atoms with Crippen LogP contribution >= 0.6 is 0 Å². The number of anilines is 1. The quantitative estimate of drug-likeness (QED) is 0.807. The van der Waals surface area contributed by atoms with E-state index < -0.39 is 5.97 Å². The van der Waals surface area contributed by atoms with Gasteiger partial charge in [0.25, 0.3) is 0 Å². The maximum atomic E-state index is 12.6.